The second-order valence-corrected chi connectivity index (χ2v) is 12.9. The first-order chi connectivity index (χ1) is 21.5. The molecule has 0 fully saturated rings. The Hall–Kier alpha value is -4.58. The fourth-order valence-electron chi connectivity index (χ4n) is 4.76. The molecule has 2 amide bonds. The summed E-state index contributed by atoms with van der Waals surface area (Å²) < 4.78 is 25.8. The van der Waals surface area contributed by atoms with Gasteiger partial charge in [-0.3, -0.25) is 18.9 Å². The zero-order valence-corrected chi connectivity index (χ0v) is 26.4. The molecule has 236 valence electrons. The largest absolute Gasteiger partial charge is 0.390 e. The molecule has 3 atom stereocenters. The van der Waals surface area contributed by atoms with Crippen molar-refractivity contribution in [2.24, 2.45) is 0 Å². The predicted octanol–water partition coefficient (Wildman–Crippen LogP) is 3.46. The van der Waals surface area contributed by atoms with E-state index in [1.54, 1.807) is 12.4 Å². The van der Waals surface area contributed by atoms with Gasteiger partial charge in [-0.15, -0.1) is 0 Å². The number of sulfonamides is 1. The maximum atomic E-state index is 13.7. The zero-order chi connectivity index (χ0) is 32.4. The number of nitrogens with one attached hydrogen (secondary N) is 3. The summed E-state index contributed by atoms with van der Waals surface area (Å²) in [4.78, 5) is 31.1. The maximum Gasteiger partial charge on any atom is 0.251 e. The van der Waals surface area contributed by atoms with Crippen molar-refractivity contribution in [3.8, 4) is 0 Å². The second kappa shape index (κ2) is 15.4. The Kier molecular flexibility index (Phi) is 11.4. The predicted molar refractivity (Wildman–Crippen MR) is 175 cm³/mol. The van der Waals surface area contributed by atoms with Crippen molar-refractivity contribution in [2.45, 2.75) is 38.1 Å². The number of aliphatic hydroxyl groups is 1. The van der Waals surface area contributed by atoms with E-state index in [0.29, 0.717) is 13.0 Å². The first-order valence-corrected chi connectivity index (χ1v) is 16.4. The van der Waals surface area contributed by atoms with Crippen LogP contribution in [0.15, 0.2) is 103 Å². The zero-order valence-electron chi connectivity index (χ0n) is 25.6. The van der Waals surface area contributed by atoms with Crippen LogP contribution >= 0.6 is 0 Å². The highest BCUT2D eigenvalue weighted by Gasteiger charge is 2.25. The van der Waals surface area contributed by atoms with E-state index in [1.165, 1.54) is 25.2 Å². The lowest BCUT2D eigenvalue weighted by Gasteiger charge is -2.25. The van der Waals surface area contributed by atoms with Gasteiger partial charge in [-0.2, -0.15) is 0 Å². The van der Waals surface area contributed by atoms with Crippen LogP contribution in [0.2, 0.25) is 0 Å². The highest BCUT2D eigenvalue weighted by Crippen LogP contribution is 2.22. The van der Waals surface area contributed by atoms with Gasteiger partial charge in [0.1, 0.15) is 0 Å². The molecule has 0 radical (unpaired) electrons. The Morgan fingerprint density at radius 1 is 0.844 bits per heavy atom. The lowest BCUT2D eigenvalue weighted by atomic mass is 10.00. The molecule has 10 nitrogen and oxygen atoms in total. The number of carbonyl (C=O) groups is 2. The van der Waals surface area contributed by atoms with Gasteiger partial charge in [0.15, 0.2) is 0 Å². The third-order valence-electron chi connectivity index (χ3n) is 7.46. The van der Waals surface area contributed by atoms with E-state index >= 15 is 0 Å². The SMILES string of the molecule is C[C@@H](NC(=O)c1cc(C(=O)N[C@@H](Cc2ccccc2)[C@H](O)CNCc2ccncc2)cc(N(C)S(C)(=O)=O)c1)c1ccccc1. The molecule has 0 aliphatic heterocycles. The summed E-state index contributed by atoms with van der Waals surface area (Å²) in [6.07, 6.45) is 3.81. The summed E-state index contributed by atoms with van der Waals surface area (Å²) in [6, 6.07) is 25.9. The van der Waals surface area contributed by atoms with E-state index in [-0.39, 0.29) is 29.4 Å². The average Bonchev–Trinajstić information content (AvgIpc) is 3.04. The van der Waals surface area contributed by atoms with Crippen LogP contribution in [0.25, 0.3) is 0 Å². The van der Waals surface area contributed by atoms with Crippen LogP contribution in [-0.4, -0.2) is 62.3 Å². The first-order valence-electron chi connectivity index (χ1n) is 14.6. The monoisotopic (exact) mass is 629 g/mol. The number of benzene rings is 3. The molecule has 0 aliphatic carbocycles. The molecule has 0 aliphatic rings. The van der Waals surface area contributed by atoms with Gasteiger partial charge in [0.2, 0.25) is 10.0 Å². The van der Waals surface area contributed by atoms with Crippen molar-refractivity contribution in [1.82, 2.24) is 20.9 Å². The number of nitrogens with zero attached hydrogens (tertiary/aromatic N) is 2. The lowest BCUT2D eigenvalue weighted by Crippen LogP contribution is -2.48. The van der Waals surface area contributed by atoms with Gasteiger partial charge in [0.05, 0.1) is 30.1 Å². The standard InChI is InChI=1S/C34H39N5O5S/c1-24(27-12-8-5-9-13-27)37-33(41)28-19-29(21-30(20-28)39(2)45(3,43)44)34(42)38-31(18-25-10-6-4-7-11-25)32(40)23-36-22-26-14-16-35-17-15-26/h4-17,19-21,24,31-32,36,40H,18,22-23H2,1-3H3,(H,37,41)(H,38,42)/t24-,31+,32-/m1/s1. The fraction of sp³-hybridized carbons (Fsp3) is 0.265. The van der Waals surface area contributed by atoms with Gasteiger partial charge in [-0.1, -0.05) is 60.7 Å². The second-order valence-electron chi connectivity index (χ2n) is 10.9. The van der Waals surface area contributed by atoms with Crippen LogP contribution in [0.1, 0.15) is 50.4 Å². The van der Waals surface area contributed by atoms with Crippen molar-refractivity contribution in [3.05, 3.63) is 131 Å². The Morgan fingerprint density at radius 2 is 1.42 bits per heavy atom. The molecule has 0 bridgehead atoms. The summed E-state index contributed by atoms with van der Waals surface area (Å²) in [5.41, 5.74) is 3.16. The van der Waals surface area contributed by atoms with Gasteiger partial charge in [0, 0.05) is 43.7 Å². The minimum absolute atomic E-state index is 0.0792. The number of hydrogen-bond donors (Lipinski definition) is 4. The van der Waals surface area contributed by atoms with Gasteiger partial charge in [-0.25, -0.2) is 8.42 Å². The maximum absolute atomic E-state index is 13.7. The lowest BCUT2D eigenvalue weighted by molar-refractivity contribution is 0.0830. The summed E-state index contributed by atoms with van der Waals surface area (Å²) in [5.74, 6) is -1.02. The van der Waals surface area contributed by atoms with Crippen molar-refractivity contribution < 1.29 is 23.1 Å². The van der Waals surface area contributed by atoms with Crippen molar-refractivity contribution in [3.63, 3.8) is 0 Å². The highest BCUT2D eigenvalue weighted by molar-refractivity contribution is 7.92. The fourth-order valence-corrected chi connectivity index (χ4v) is 5.25. The molecule has 1 heterocycles. The van der Waals surface area contributed by atoms with Crippen molar-refractivity contribution in [2.75, 3.05) is 24.2 Å². The van der Waals surface area contributed by atoms with E-state index < -0.39 is 34.0 Å². The van der Waals surface area contributed by atoms with Crippen LogP contribution in [0.4, 0.5) is 5.69 Å². The van der Waals surface area contributed by atoms with Crippen LogP contribution < -0.4 is 20.3 Å². The van der Waals surface area contributed by atoms with Crippen LogP contribution in [0, 0.1) is 0 Å². The van der Waals surface area contributed by atoms with E-state index in [9.17, 15) is 23.1 Å². The highest BCUT2D eigenvalue weighted by atomic mass is 32.2. The van der Waals surface area contributed by atoms with Crippen LogP contribution in [0.5, 0.6) is 0 Å². The first kappa shape index (κ1) is 33.3. The molecule has 0 spiro atoms. The molecule has 0 saturated heterocycles. The third-order valence-corrected chi connectivity index (χ3v) is 8.67. The molecule has 1 aromatic heterocycles. The number of aliphatic hydroxyl groups excluding tert-OH is 1. The van der Waals surface area contributed by atoms with Crippen molar-refractivity contribution >= 4 is 27.5 Å². The number of amides is 2. The minimum atomic E-state index is -3.70. The Morgan fingerprint density at radius 3 is 2.02 bits per heavy atom. The Labute approximate surface area is 264 Å². The van der Waals surface area contributed by atoms with E-state index in [1.807, 2.05) is 79.7 Å². The number of pyridine rings is 1. The van der Waals surface area contributed by atoms with Gasteiger partial charge in [-0.05, 0) is 60.4 Å². The normalized spacial score (nSPS) is 13.3. The molecule has 0 saturated carbocycles. The van der Waals surface area contributed by atoms with Gasteiger partial charge >= 0.3 is 0 Å². The van der Waals surface area contributed by atoms with Crippen LogP contribution in [-0.2, 0) is 23.0 Å². The average molecular weight is 630 g/mol. The van der Waals surface area contributed by atoms with E-state index in [4.69, 9.17) is 0 Å². The Balaban J connectivity index is 1.58. The van der Waals surface area contributed by atoms with Gasteiger partial charge < -0.3 is 21.1 Å². The van der Waals surface area contributed by atoms with Crippen LogP contribution in [0.3, 0.4) is 0 Å². The number of rotatable bonds is 14. The number of anilines is 1. The summed E-state index contributed by atoms with van der Waals surface area (Å²) in [6.45, 7) is 2.54. The molecular weight excluding hydrogens is 590 g/mol. The molecule has 11 heteroatoms. The van der Waals surface area contributed by atoms with Gasteiger partial charge in [0.25, 0.3) is 11.8 Å². The number of hydrogen-bond acceptors (Lipinski definition) is 7. The van der Waals surface area contributed by atoms with Crippen molar-refractivity contribution in [1.29, 1.82) is 0 Å². The minimum Gasteiger partial charge on any atom is -0.390 e. The van der Waals surface area contributed by atoms with E-state index in [0.717, 1.165) is 27.3 Å². The van der Waals surface area contributed by atoms with E-state index in [2.05, 4.69) is 20.9 Å². The topological polar surface area (TPSA) is 141 Å². The summed E-state index contributed by atoms with van der Waals surface area (Å²) in [7, 11) is -2.34. The Bertz CT molecular complexity index is 1670. The summed E-state index contributed by atoms with van der Waals surface area (Å²) >= 11 is 0. The smallest absolute Gasteiger partial charge is 0.251 e. The molecule has 45 heavy (non-hydrogen) atoms. The quantitative estimate of drug-likeness (QED) is 0.168. The number of carbonyl (C=O) groups excluding carboxylic acids is 2. The molecule has 0 unspecified atom stereocenters. The summed E-state index contributed by atoms with van der Waals surface area (Å²) in [5, 5.41) is 20.3. The number of aromatic nitrogens is 1. The molecular formula is C34H39N5O5S. The molecule has 4 aromatic rings. The molecule has 4 N–H and O–H groups in total. The molecule has 4 rings (SSSR count). The third kappa shape index (κ3) is 9.70. The molecule has 3 aromatic carbocycles.